The molecule has 156 valence electrons. The van der Waals surface area contributed by atoms with Gasteiger partial charge < -0.3 is 15.0 Å². The zero-order valence-corrected chi connectivity index (χ0v) is 19.0. The lowest BCUT2D eigenvalue weighted by Gasteiger charge is -2.32. The summed E-state index contributed by atoms with van der Waals surface area (Å²) in [4.78, 5) is 14.5. The van der Waals surface area contributed by atoms with E-state index in [1.807, 2.05) is 44.2 Å². The number of rotatable bonds is 8. The van der Waals surface area contributed by atoms with Gasteiger partial charge >= 0.3 is 0 Å². The Morgan fingerprint density at radius 1 is 1.17 bits per heavy atom. The summed E-state index contributed by atoms with van der Waals surface area (Å²) in [6, 6.07) is 16.4. The van der Waals surface area contributed by atoms with Crippen LogP contribution in [-0.4, -0.2) is 37.0 Å². The molecule has 3 rings (SSSR count). The van der Waals surface area contributed by atoms with Crippen LogP contribution in [0.2, 0.25) is 0 Å². The van der Waals surface area contributed by atoms with Crippen molar-refractivity contribution in [3.63, 3.8) is 0 Å². The number of amides is 1. The van der Waals surface area contributed by atoms with Gasteiger partial charge in [-0.25, -0.2) is 0 Å². The third-order valence-corrected chi connectivity index (χ3v) is 5.91. The van der Waals surface area contributed by atoms with Gasteiger partial charge in [0.15, 0.2) is 0 Å². The van der Waals surface area contributed by atoms with Gasteiger partial charge in [0.05, 0.1) is 6.61 Å². The topological polar surface area (TPSA) is 41.6 Å². The second-order valence-corrected chi connectivity index (χ2v) is 8.96. The van der Waals surface area contributed by atoms with Gasteiger partial charge in [-0.15, -0.1) is 0 Å². The van der Waals surface area contributed by atoms with Crippen molar-refractivity contribution in [2.45, 2.75) is 39.0 Å². The summed E-state index contributed by atoms with van der Waals surface area (Å²) in [5, 5.41) is 3.01. The first-order chi connectivity index (χ1) is 14.0. The normalized spacial score (nSPS) is 15.4. The zero-order chi connectivity index (χ0) is 20.6. The second-order valence-electron chi connectivity index (χ2n) is 8.04. The Morgan fingerprint density at radius 2 is 1.93 bits per heavy atom. The van der Waals surface area contributed by atoms with Crippen LogP contribution in [0.15, 0.2) is 53.0 Å². The molecule has 0 unspecified atom stereocenters. The number of hydrogen-bond acceptors (Lipinski definition) is 3. The summed E-state index contributed by atoms with van der Waals surface area (Å²) >= 11 is 3.47. The third-order valence-electron chi connectivity index (χ3n) is 5.42. The maximum absolute atomic E-state index is 11.9. The Kier molecular flexibility index (Phi) is 8.13. The van der Waals surface area contributed by atoms with Crippen molar-refractivity contribution in [1.29, 1.82) is 0 Å². The third kappa shape index (κ3) is 6.86. The molecule has 1 aliphatic rings. The van der Waals surface area contributed by atoms with Crippen molar-refractivity contribution >= 4 is 27.5 Å². The molecule has 0 atom stereocenters. The van der Waals surface area contributed by atoms with Gasteiger partial charge in [-0.3, -0.25) is 4.79 Å². The molecule has 1 N–H and O–H groups in total. The van der Waals surface area contributed by atoms with Gasteiger partial charge in [-0.1, -0.05) is 48.0 Å². The zero-order valence-electron chi connectivity index (χ0n) is 17.4. The quantitative estimate of drug-likeness (QED) is 0.516. The van der Waals surface area contributed by atoms with E-state index in [0.29, 0.717) is 5.92 Å². The molecule has 1 heterocycles. The lowest BCUT2D eigenvalue weighted by Crippen LogP contribution is -2.34. The highest BCUT2D eigenvalue weighted by atomic mass is 79.9. The van der Waals surface area contributed by atoms with Crippen molar-refractivity contribution in [3.8, 4) is 5.75 Å². The summed E-state index contributed by atoms with van der Waals surface area (Å²) in [7, 11) is 0. The number of nitrogens with zero attached hydrogens (tertiary/aromatic N) is 1. The Morgan fingerprint density at radius 3 is 2.66 bits per heavy atom. The number of likely N-dealkylation sites (tertiary alicyclic amines) is 1. The fourth-order valence-corrected chi connectivity index (χ4v) is 4.06. The molecule has 5 heteroatoms. The van der Waals surface area contributed by atoms with Crippen molar-refractivity contribution in [1.82, 2.24) is 4.90 Å². The monoisotopic (exact) mass is 458 g/mol. The van der Waals surface area contributed by atoms with Crippen LogP contribution in [0, 0.1) is 5.92 Å². The number of ether oxygens (including phenoxy) is 1. The Bertz CT molecular complexity index is 801. The molecule has 0 bridgehead atoms. The minimum Gasteiger partial charge on any atom is -0.494 e. The molecule has 0 aromatic heterocycles. The minimum absolute atomic E-state index is 0.00529. The van der Waals surface area contributed by atoms with Crippen molar-refractivity contribution in [3.05, 3.63) is 58.6 Å². The first-order valence-corrected chi connectivity index (χ1v) is 11.3. The van der Waals surface area contributed by atoms with Crippen LogP contribution >= 0.6 is 15.9 Å². The second kappa shape index (κ2) is 10.8. The number of piperidine rings is 1. The van der Waals surface area contributed by atoms with E-state index in [9.17, 15) is 4.79 Å². The number of nitrogens with one attached hydrogen (secondary N) is 1. The van der Waals surface area contributed by atoms with E-state index in [2.05, 4.69) is 44.3 Å². The molecule has 1 amide bonds. The summed E-state index contributed by atoms with van der Waals surface area (Å²) in [6.07, 6.45) is 3.36. The SMILES string of the molecule is CC(C)C(=O)Nc1cccc(C2CCN(CCCOc3cccc(Br)c3)CC2)c1. The largest absolute Gasteiger partial charge is 0.494 e. The first kappa shape index (κ1) is 21.8. The van der Waals surface area contributed by atoms with E-state index in [1.165, 1.54) is 5.56 Å². The van der Waals surface area contributed by atoms with E-state index in [1.54, 1.807) is 0 Å². The molecule has 0 radical (unpaired) electrons. The average molecular weight is 459 g/mol. The predicted molar refractivity (Wildman–Crippen MR) is 123 cm³/mol. The highest BCUT2D eigenvalue weighted by Gasteiger charge is 2.20. The molecule has 1 aliphatic heterocycles. The van der Waals surface area contributed by atoms with Crippen LogP contribution in [0.25, 0.3) is 0 Å². The molecule has 1 fully saturated rings. The van der Waals surface area contributed by atoms with Crippen LogP contribution in [0.5, 0.6) is 5.75 Å². The number of carbonyl (C=O) groups is 1. The molecule has 0 aliphatic carbocycles. The summed E-state index contributed by atoms with van der Waals surface area (Å²) < 4.78 is 6.88. The lowest BCUT2D eigenvalue weighted by atomic mass is 9.89. The molecule has 0 spiro atoms. The highest BCUT2D eigenvalue weighted by molar-refractivity contribution is 9.10. The van der Waals surface area contributed by atoms with Gasteiger partial charge in [0, 0.05) is 22.6 Å². The van der Waals surface area contributed by atoms with E-state index in [0.717, 1.165) is 61.4 Å². The van der Waals surface area contributed by atoms with Crippen LogP contribution in [-0.2, 0) is 4.79 Å². The number of carbonyl (C=O) groups excluding carboxylic acids is 1. The molecule has 29 heavy (non-hydrogen) atoms. The molecule has 4 nitrogen and oxygen atoms in total. The fraction of sp³-hybridized carbons (Fsp3) is 0.458. The van der Waals surface area contributed by atoms with Crippen molar-refractivity contribution < 1.29 is 9.53 Å². The van der Waals surface area contributed by atoms with E-state index < -0.39 is 0 Å². The number of hydrogen-bond donors (Lipinski definition) is 1. The molecule has 2 aromatic rings. The molecular weight excluding hydrogens is 428 g/mol. The van der Waals surface area contributed by atoms with Crippen molar-refractivity contribution in [2.75, 3.05) is 31.6 Å². The fourth-order valence-electron chi connectivity index (χ4n) is 3.68. The first-order valence-electron chi connectivity index (χ1n) is 10.5. The maximum Gasteiger partial charge on any atom is 0.226 e. The number of anilines is 1. The summed E-state index contributed by atoms with van der Waals surface area (Å²) in [5.41, 5.74) is 2.25. The number of benzene rings is 2. The standard InChI is InChI=1S/C24H31BrN2O2/c1-18(2)24(28)26-22-8-3-6-20(16-22)19-10-13-27(14-11-19)12-5-15-29-23-9-4-7-21(25)17-23/h3-4,6-9,16-19H,5,10-15H2,1-2H3,(H,26,28). The van der Waals surface area contributed by atoms with Crippen LogP contribution in [0.4, 0.5) is 5.69 Å². The lowest BCUT2D eigenvalue weighted by molar-refractivity contribution is -0.118. The molecule has 2 aromatic carbocycles. The van der Waals surface area contributed by atoms with E-state index >= 15 is 0 Å². The van der Waals surface area contributed by atoms with Gasteiger partial charge in [0.2, 0.25) is 5.91 Å². The summed E-state index contributed by atoms with van der Waals surface area (Å²) in [5.74, 6) is 1.55. The van der Waals surface area contributed by atoms with E-state index in [-0.39, 0.29) is 11.8 Å². The molecular formula is C24H31BrN2O2. The van der Waals surface area contributed by atoms with E-state index in [4.69, 9.17) is 4.74 Å². The van der Waals surface area contributed by atoms with Crippen LogP contribution < -0.4 is 10.1 Å². The van der Waals surface area contributed by atoms with Crippen LogP contribution in [0.3, 0.4) is 0 Å². The predicted octanol–water partition coefficient (Wildman–Crippen LogP) is 5.69. The highest BCUT2D eigenvalue weighted by Crippen LogP contribution is 2.29. The van der Waals surface area contributed by atoms with Gasteiger partial charge in [0.25, 0.3) is 0 Å². The average Bonchev–Trinajstić information content (AvgIpc) is 2.72. The minimum atomic E-state index is -0.00529. The smallest absolute Gasteiger partial charge is 0.226 e. The molecule has 0 saturated carbocycles. The van der Waals surface area contributed by atoms with Gasteiger partial charge in [0.1, 0.15) is 5.75 Å². The number of halogens is 1. The van der Waals surface area contributed by atoms with Crippen LogP contribution in [0.1, 0.15) is 44.6 Å². The Labute approximate surface area is 182 Å². The Balaban J connectivity index is 1.40. The Hall–Kier alpha value is -1.85. The summed E-state index contributed by atoms with van der Waals surface area (Å²) in [6.45, 7) is 7.88. The van der Waals surface area contributed by atoms with Gasteiger partial charge in [-0.2, -0.15) is 0 Å². The molecule has 1 saturated heterocycles. The van der Waals surface area contributed by atoms with Crippen molar-refractivity contribution in [2.24, 2.45) is 5.92 Å². The van der Waals surface area contributed by atoms with Gasteiger partial charge in [-0.05, 0) is 74.2 Å². The maximum atomic E-state index is 11.9.